The van der Waals surface area contributed by atoms with Crippen LogP contribution in [0, 0.1) is 13.8 Å². The number of aromatic nitrogens is 2. The zero-order valence-corrected chi connectivity index (χ0v) is 41.7. The molecule has 8 nitrogen and oxygen atoms in total. The van der Waals surface area contributed by atoms with Crippen LogP contribution in [0.15, 0.2) is 82.6 Å². The molecule has 0 bridgehead atoms. The molecule has 0 N–H and O–H groups in total. The number of benzene rings is 4. The fraction of sp³-hybridized carbons (Fsp3) is 0.435. The molecule has 14 heteroatoms. The first-order valence-electron chi connectivity index (χ1n) is 21.4. The summed E-state index contributed by atoms with van der Waals surface area (Å²) in [5, 5.41) is 2.07. The summed E-state index contributed by atoms with van der Waals surface area (Å²) >= 11 is 3.51. The van der Waals surface area contributed by atoms with Gasteiger partial charge in [0.05, 0.1) is 20.4 Å². The van der Waals surface area contributed by atoms with Crippen LogP contribution in [0.2, 0.25) is 12.1 Å². The van der Waals surface area contributed by atoms with Crippen molar-refractivity contribution < 1.29 is 26.6 Å². The first-order chi connectivity index (χ1) is 29.2. The molecule has 4 aromatic carbocycles. The van der Waals surface area contributed by atoms with Crippen LogP contribution >= 0.6 is 44.3 Å². The topological polar surface area (TPSA) is 81.2 Å². The van der Waals surface area contributed by atoms with Crippen molar-refractivity contribution in [3.8, 4) is 21.1 Å². The second kappa shape index (κ2) is 22.8. The van der Waals surface area contributed by atoms with Gasteiger partial charge in [0, 0.05) is 72.6 Å². The zero-order chi connectivity index (χ0) is 42.5. The zero-order valence-electron chi connectivity index (χ0n) is 36.4. The Morgan fingerprint density at radius 3 is 1.18 bits per heavy atom. The van der Waals surface area contributed by atoms with Crippen molar-refractivity contribution in [2.45, 2.75) is 103 Å². The molecule has 60 heavy (non-hydrogen) atoms. The molecule has 6 rings (SSSR count). The number of aryl methyl sites for hydroxylation is 4. The number of thiazole rings is 2. The normalized spacial score (nSPS) is 12.3. The summed E-state index contributed by atoms with van der Waals surface area (Å²) in [6, 6.07) is 27.7. The molecule has 0 amide bonds. The predicted molar refractivity (Wildman–Crippen MR) is 259 cm³/mol. The lowest BCUT2D eigenvalue weighted by atomic mass is 10.0. The van der Waals surface area contributed by atoms with E-state index in [2.05, 4.69) is 86.6 Å². The fourth-order valence-corrected chi connectivity index (χ4v) is 17.8. The Balaban J connectivity index is 1.42. The highest BCUT2D eigenvalue weighted by atomic mass is 33.1. The maximum atomic E-state index is 6.28. The Morgan fingerprint density at radius 1 is 0.500 bits per heavy atom. The van der Waals surface area contributed by atoms with Gasteiger partial charge in [-0.2, -0.15) is 0 Å². The summed E-state index contributed by atoms with van der Waals surface area (Å²) in [4.78, 5) is 12.9. The van der Waals surface area contributed by atoms with E-state index < -0.39 is 17.6 Å². The summed E-state index contributed by atoms with van der Waals surface area (Å²) in [5.41, 5.74) is 9.41. The molecular weight excluding hydrogens is 861 g/mol. The van der Waals surface area contributed by atoms with Crippen LogP contribution in [0.1, 0.15) is 76.6 Å². The van der Waals surface area contributed by atoms with Crippen molar-refractivity contribution in [1.82, 2.24) is 9.97 Å². The molecule has 0 radical (unpaired) electrons. The van der Waals surface area contributed by atoms with Crippen molar-refractivity contribution in [2.24, 2.45) is 0 Å². The second-order valence-corrected chi connectivity index (χ2v) is 24.1. The van der Waals surface area contributed by atoms with Crippen LogP contribution in [-0.2, 0) is 39.4 Å². The summed E-state index contributed by atoms with van der Waals surface area (Å²) in [5.74, 6) is 0. The molecular formula is C46H60N2O6S4Si2. The van der Waals surface area contributed by atoms with Crippen molar-refractivity contribution in [3.63, 3.8) is 0 Å². The van der Waals surface area contributed by atoms with Crippen LogP contribution in [0.3, 0.4) is 0 Å². The maximum Gasteiger partial charge on any atom is 0.500 e. The minimum Gasteiger partial charge on any atom is -0.374 e. The second-order valence-electron chi connectivity index (χ2n) is 14.4. The molecule has 0 aliphatic heterocycles. The standard InChI is InChI=1S/C46H60N2O6S4Si2/c1-9-49-59(50-10-2,51-11-3)27-19-21-35-29-33(7)31-37(45-47-39-23-15-17-25-41(39)55-45)43(35)57-58-44-36(22-20-28-60(52-12-4,53-13-5)54-14-6)30-34(8)32-38(44)46-48-40-24-16-18-26-42(40)56-46/h15-18,23-26,29-32H,9-14,19-22,27-28H2,1-8H3. The molecule has 0 aliphatic carbocycles. The number of nitrogens with zero attached hydrogens (tertiary/aromatic N) is 2. The minimum atomic E-state index is -2.82. The maximum absolute atomic E-state index is 6.28. The average Bonchev–Trinajstić information content (AvgIpc) is 3.86. The molecule has 0 saturated heterocycles. The lowest BCUT2D eigenvalue weighted by Crippen LogP contribution is -2.46. The van der Waals surface area contributed by atoms with Crippen LogP contribution < -0.4 is 0 Å². The van der Waals surface area contributed by atoms with Gasteiger partial charge in [-0.15, -0.1) is 22.7 Å². The smallest absolute Gasteiger partial charge is 0.374 e. The quantitative estimate of drug-likeness (QED) is 0.0409. The van der Waals surface area contributed by atoms with Gasteiger partial charge in [-0.1, -0.05) is 69.1 Å². The molecule has 0 fully saturated rings. The summed E-state index contributed by atoms with van der Waals surface area (Å²) in [6.07, 6.45) is 3.47. The molecule has 2 aromatic heterocycles. The van der Waals surface area contributed by atoms with Crippen LogP contribution in [0.5, 0.6) is 0 Å². The van der Waals surface area contributed by atoms with Gasteiger partial charge in [-0.05, 0) is 129 Å². The van der Waals surface area contributed by atoms with Crippen LogP contribution in [0.25, 0.3) is 41.6 Å². The largest absolute Gasteiger partial charge is 0.500 e. The van der Waals surface area contributed by atoms with Gasteiger partial charge in [-0.25, -0.2) is 9.97 Å². The first-order valence-corrected chi connectivity index (χ1v) is 29.0. The third-order valence-electron chi connectivity index (χ3n) is 9.92. The van der Waals surface area contributed by atoms with E-state index in [4.69, 9.17) is 36.5 Å². The summed E-state index contributed by atoms with van der Waals surface area (Å²) < 4.78 is 40.0. The summed E-state index contributed by atoms with van der Waals surface area (Å²) in [6.45, 7) is 19.9. The highest BCUT2D eigenvalue weighted by Gasteiger charge is 2.41. The molecule has 0 saturated carbocycles. The Labute approximate surface area is 375 Å². The van der Waals surface area contributed by atoms with E-state index in [0.717, 1.165) is 58.8 Å². The van der Waals surface area contributed by atoms with Gasteiger partial charge < -0.3 is 26.6 Å². The molecule has 0 unspecified atom stereocenters. The Bertz CT molecular complexity index is 2040. The van der Waals surface area contributed by atoms with Gasteiger partial charge in [0.15, 0.2) is 0 Å². The van der Waals surface area contributed by atoms with Crippen molar-refractivity contribution in [3.05, 3.63) is 95.1 Å². The van der Waals surface area contributed by atoms with Gasteiger partial charge in [0.2, 0.25) is 0 Å². The number of para-hydroxylation sites is 2. The Morgan fingerprint density at radius 2 is 0.850 bits per heavy atom. The van der Waals surface area contributed by atoms with E-state index in [1.54, 1.807) is 22.7 Å². The highest BCUT2D eigenvalue weighted by Crippen LogP contribution is 2.50. The van der Waals surface area contributed by atoms with E-state index >= 15 is 0 Å². The van der Waals surface area contributed by atoms with E-state index in [-0.39, 0.29) is 0 Å². The molecule has 2 heterocycles. The van der Waals surface area contributed by atoms with Gasteiger partial charge in [0.25, 0.3) is 0 Å². The van der Waals surface area contributed by atoms with Crippen molar-refractivity contribution in [1.29, 1.82) is 0 Å². The van der Waals surface area contributed by atoms with Crippen LogP contribution in [-0.4, -0.2) is 67.2 Å². The third kappa shape index (κ3) is 11.8. The van der Waals surface area contributed by atoms with E-state index in [9.17, 15) is 0 Å². The molecule has 6 aromatic rings. The predicted octanol–water partition coefficient (Wildman–Crippen LogP) is 13.6. The van der Waals surface area contributed by atoms with Gasteiger partial charge in [-0.3, -0.25) is 0 Å². The lowest BCUT2D eigenvalue weighted by molar-refractivity contribution is 0.0700. The number of fused-ring (bicyclic) bond motifs is 2. The monoisotopic (exact) mass is 920 g/mol. The molecule has 0 aliphatic rings. The fourth-order valence-electron chi connectivity index (χ4n) is 7.63. The Kier molecular flexibility index (Phi) is 17.9. The SMILES string of the molecule is CCO[Si](CCCc1cc(C)cc(-c2nc3ccccc3s2)c1SSc1c(CCC[Si](OCC)(OCC)OCC)cc(C)cc1-c1nc2ccccc2s1)(OCC)OCC. The van der Waals surface area contributed by atoms with E-state index in [0.29, 0.717) is 39.6 Å². The lowest BCUT2D eigenvalue weighted by Gasteiger charge is -2.28. The van der Waals surface area contributed by atoms with E-state index in [1.807, 2.05) is 63.1 Å². The molecule has 0 atom stereocenters. The summed E-state index contributed by atoms with van der Waals surface area (Å²) in [7, 11) is -1.96. The Hall–Kier alpha value is -2.45. The number of hydrogen-bond donors (Lipinski definition) is 0. The third-order valence-corrected chi connectivity index (χ3v) is 21.0. The van der Waals surface area contributed by atoms with E-state index in [1.165, 1.54) is 52.6 Å². The number of rotatable bonds is 25. The van der Waals surface area contributed by atoms with Crippen molar-refractivity contribution >= 4 is 82.3 Å². The number of hydrogen-bond acceptors (Lipinski definition) is 12. The van der Waals surface area contributed by atoms with Gasteiger partial charge in [0.1, 0.15) is 10.0 Å². The van der Waals surface area contributed by atoms with Gasteiger partial charge >= 0.3 is 17.6 Å². The molecule has 322 valence electrons. The molecule has 0 spiro atoms. The average molecular weight is 921 g/mol. The van der Waals surface area contributed by atoms with Crippen molar-refractivity contribution in [2.75, 3.05) is 39.6 Å². The first kappa shape index (κ1) is 47.0. The highest BCUT2D eigenvalue weighted by molar-refractivity contribution is 8.76. The van der Waals surface area contributed by atoms with Crippen LogP contribution in [0.4, 0.5) is 0 Å². The minimum absolute atomic E-state index is 0.568.